The number of amides is 1. The molecule has 2 heterocycles. The van der Waals surface area contributed by atoms with E-state index in [1.165, 1.54) is 23.8 Å². The number of nitrogens with zero attached hydrogens (tertiary/aromatic N) is 2. The molecule has 3 aromatic rings. The molecule has 0 unspecified atom stereocenters. The van der Waals surface area contributed by atoms with Crippen molar-refractivity contribution in [1.82, 2.24) is 9.97 Å². The van der Waals surface area contributed by atoms with Crippen LogP contribution in [0, 0.1) is 13.8 Å². The van der Waals surface area contributed by atoms with E-state index in [4.69, 9.17) is 0 Å². The Labute approximate surface area is 158 Å². The summed E-state index contributed by atoms with van der Waals surface area (Å²) in [7, 11) is 0. The molecule has 2 N–H and O–H groups in total. The van der Waals surface area contributed by atoms with Crippen LogP contribution in [0.1, 0.15) is 18.2 Å². The largest absolute Gasteiger partial charge is 0.331 e. The number of thiazole rings is 2. The molecule has 0 fully saturated rings. The lowest BCUT2D eigenvalue weighted by molar-refractivity contribution is -0.114. The first-order chi connectivity index (χ1) is 11.0. The van der Waals surface area contributed by atoms with E-state index < -0.39 is 0 Å². The van der Waals surface area contributed by atoms with Gasteiger partial charge in [-0.15, -0.1) is 28.3 Å². The molecule has 0 aliphatic rings. The highest BCUT2D eigenvalue weighted by molar-refractivity contribution is 8.93. The molecule has 1 aromatic carbocycles. The summed E-state index contributed by atoms with van der Waals surface area (Å²) in [4.78, 5) is 21.1. The van der Waals surface area contributed by atoms with Crippen LogP contribution in [-0.4, -0.2) is 15.9 Å². The van der Waals surface area contributed by atoms with Crippen LogP contribution in [0.15, 0.2) is 29.6 Å². The van der Waals surface area contributed by atoms with Gasteiger partial charge in [0.1, 0.15) is 0 Å². The van der Waals surface area contributed by atoms with Crippen molar-refractivity contribution in [2.75, 3.05) is 10.6 Å². The molecule has 0 radical (unpaired) electrons. The van der Waals surface area contributed by atoms with Crippen molar-refractivity contribution in [3.05, 3.63) is 40.9 Å². The molecule has 3 rings (SSSR count). The molecule has 0 spiro atoms. The van der Waals surface area contributed by atoms with Gasteiger partial charge in [-0.1, -0.05) is 29.5 Å². The topological polar surface area (TPSA) is 66.9 Å². The fourth-order valence-corrected chi connectivity index (χ4v) is 3.86. The van der Waals surface area contributed by atoms with Gasteiger partial charge in [-0.05, 0) is 25.5 Å². The molecule has 0 aliphatic carbocycles. The maximum absolute atomic E-state index is 11.1. The summed E-state index contributed by atoms with van der Waals surface area (Å²) in [5, 5.41) is 9.50. The molecule has 1 amide bonds. The first-order valence-electron chi connectivity index (χ1n) is 7.06. The number of halogens is 1. The second kappa shape index (κ2) is 7.87. The molecule has 0 saturated carbocycles. The zero-order chi connectivity index (χ0) is 16.4. The molecule has 0 atom stereocenters. The summed E-state index contributed by atoms with van der Waals surface area (Å²) in [6.45, 7) is 5.46. The minimum Gasteiger partial charge on any atom is -0.331 e. The Kier molecular flexibility index (Phi) is 6.09. The van der Waals surface area contributed by atoms with Gasteiger partial charge < -0.3 is 10.6 Å². The van der Waals surface area contributed by atoms with Gasteiger partial charge >= 0.3 is 0 Å². The second-order valence-electron chi connectivity index (χ2n) is 5.09. The summed E-state index contributed by atoms with van der Waals surface area (Å²) >= 11 is 2.99. The number of anilines is 3. The van der Waals surface area contributed by atoms with Crippen molar-refractivity contribution in [2.45, 2.75) is 20.8 Å². The van der Waals surface area contributed by atoms with Gasteiger partial charge in [-0.3, -0.25) is 4.79 Å². The van der Waals surface area contributed by atoms with Crippen LogP contribution in [0.2, 0.25) is 0 Å². The van der Waals surface area contributed by atoms with Crippen LogP contribution in [0.5, 0.6) is 0 Å². The van der Waals surface area contributed by atoms with Crippen molar-refractivity contribution >= 4 is 61.5 Å². The molecule has 0 aliphatic heterocycles. The average Bonchev–Trinajstić information content (AvgIpc) is 3.07. The quantitative estimate of drug-likeness (QED) is 0.606. The van der Waals surface area contributed by atoms with Crippen LogP contribution in [0.25, 0.3) is 10.6 Å². The zero-order valence-corrected chi connectivity index (χ0v) is 16.8. The normalized spacial score (nSPS) is 10.1. The van der Waals surface area contributed by atoms with E-state index in [2.05, 4.69) is 33.6 Å². The third-order valence-electron chi connectivity index (χ3n) is 3.20. The Morgan fingerprint density at radius 1 is 1.12 bits per heavy atom. The number of aryl methyl sites for hydroxylation is 2. The van der Waals surface area contributed by atoms with Gasteiger partial charge in [0.25, 0.3) is 0 Å². The van der Waals surface area contributed by atoms with Gasteiger partial charge in [0.15, 0.2) is 10.3 Å². The maximum atomic E-state index is 11.1. The molecule has 126 valence electrons. The summed E-state index contributed by atoms with van der Waals surface area (Å²) in [5.41, 5.74) is 3.96. The lowest BCUT2D eigenvalue weighted by Gasteiger charge is -2.05. The Morgan fingerprint density at radius 2 is 1.88 bits per heavy atom. The van der Waals surface area contributed by atoms with Crippen molar-refractivity contribution in [1.29, 1.82) is 0 Å². The monoisotopic (exact) mass is 424 g/mol. The summed E-state index contributed by atoms with van der Waals surface area (Å²) in [5.74, 6) is -0.120. The molecule has 8 heteroatoms. The molecule has 2 aromatic heterocycles. The number of hydrogen-bond acceptors (Lipinski definition) is 6. The lowest BCUT2D eigenvalue weighted by Crippen LogP contribution is -2.04. The Hall–Kier alpha value is -1.77. The van der Waals surface area contributed by atoms with E-state index in [1.54, 1.807) is 11.3 Å². The van der Waals surface area contributed by atoms with Crippen LogP contribution in [0.3, 0.4) is 0 Å². The number of aromatic nitrogens is 2. The minimum absolute atomic E-state index is 0. The van der Waals surface area contributed by atoms with E-state index in [0.29, 0.717) is 5.13 Å². The highest BCUT2D eigenvalue weighted by Crippen LogP contribution is 2.35. The number of carbonyl (C=O) groups excluding carboxylic acids is 1. The van der Waals surface area contributed by atoms with E-state index in [1.807, 2.05) is 30.5 Å². The lowest BCUT2D eigenvalue weighted by atomic mass is 10.2. The van der Waals surface area contributed by atoms with Crippen molar-refractivity contribution in [3.63, 3.8) is 0 Å². The number of rotatable bonds is 4. The Bertz CT molecular complexity index is 859. The molecule has 24 heavy (non-hydrogen) atoms. The third-order valence-corrected chi connectivity index (χ3v) is 5.06. The highest BCUT2D eigenvalue weighted by atomic mass is 79.9. The predicted octanol–water partition coefficient (Wildman–Crippen LogP) is 5.16. The molecule has 0 saturated heterocycles. The average molecular weight is 425 g/mol. The van der Waals surface area contributed by atoms with Crippen LogP contribution in [-0.2, 0) is 4.79 Å². The number of carbonyl (C=O) groups is 1. The van der Waals surface area contributed by atoms with Crippen molar-refractivity contribution in [3.8, 4) is 10.6 Å². The predicted molar refractivity (Wildman–Crippen MR) is 107 cm³/mol. The highest BCUT2D eigenvalue weighted by Gasteiger charge is 2.14. The Balaban J connectivity index is 0.00000208. The van der Waals surface area contributed by atoms with Crippen molar-refractivity contribution < 1.29 is 4.79 Å². The first kappa shape index (κ1) is 18.6. The van der Waals surface area contributed by atoms with Crippen LogP contribution in [0.4, 0.5) is 16.0 Å². The number of hydrogen-bond donors (Lipinski definition) is 2. The SMILES string of the molecule is Br.CC(=O)Nc1nc(C)c(-c2csc(Nc3ccccc3C)n2)s1. The third kappa shape index (κ3) is 4.19. The fourth-order valence-electron chi connectivity index (χ4n) is 2.10. The van der Waals surface area contributed by atoms with E-state index in [0.717, 1.165) is 27.1 Å². The van der Waals surface area contributed by atoms with E-state index >= 15 is 0 Å². The van der Waals surface area contributed by atoms with Crippen LogP contribution >= 0.6 is 39.7 Å². The van der Waals surface area contributed by atoms with Gasteiger partial charge in [-0.25, -0.2) is 9.97 Å². The van der Waals surface area contributed by atoms with Crippen molar-refractivity contribution in [2.24, 2.45) is 0 Å². The standard InChI is InChI=1S/C16H16N4OS2.BrH/c1-9-6-4-5-7-12(9)19-15-20-13(8-22-15)14-10(2)17-16(23-14)18-11(3)21;/h4-8H,1-3H3,(H,19,20)(H,17,18,21);1H. The van der Waals surface area contributed by atoms with Crippen LogP contribution < -0.4 is 10.6 Å². The smallest absolute Gasteiger partial charge is 0.223 e. The minimum atomic E-state index is -0.120. The number of nitrogens with one attached hydrogen (secondary N) is 2. The number of para-hydroxylation sites is 1. The first-order valence-corrected chi connectivity index (χ1v) is 8.76. The molecular weight excluding hydrogens is 408 g/mol. The van der Waals surface area contributed by atoms with Gasteiger partial charge in [0.05, 0.1) is 16.3 Å². The fraction of sp³-hybridized carbons (Fsp3) is 0.188. The number of benzene rings is 1. The van der Waals surface area contributed by atoms with Gasteiger partial charge in [-0.2, -0.15) is 0 Å². The van der Waals surface area contributed by atoms with Gasteiger partial charge in [0, 0.05) is 18.0 Å². The Morgan fingerprint density at radius 3 is 2.58 bits per heavy atom. The second-order valence-corrected chi connectivity index (χ2v) is 6.95. The summed E-state index contributed by atoms with van der Waals surface area (Å²) < 4.78 is 0. The molecule has 0 bridgehead atoms. The zero-order valence-electron chi connectivity index (χ0n) is 13.4. The summed E-state index contributed by atoms with van der Waals surface area (Å²) in [6.07, 6.45) is 0. The molecule has 5 nitrogen and oxygen atoms in total. The summed E-state index contributed by atoms with van der Waals surface area (Å²) in [6, 6.07) is 8.10. The van der Waals surface area contributed by atoms with Gasteiger partial charge in [0.2, 0.25) is 5.91 Å². The maximum Gasteiger partial charge on any atom is 0.223 e. The van der Waals surface area contributed by atoms with E-state index in [-0.39, 0.29) is 22.9 Å². The molecular formula is C16H17BrN4OS2. The van der Waals surface area contributed by atoms with E-state index in [9.17, 15) is 4.79 Å².